The van der Waals surface area contributed by atoms with Crippen molar-refractivity contribution in [2.24, 2.45) is 0 Å². The van der Waals surface area contributed by atoms with Gasteiger partial charge >= 0.3 is 0 Å². The van der Waals surface area contributed by atoms with Crippen molar-refractivity contribution in [1.29, 1.82) is 0 Å². The molecular weight excluding hydrogens is 893 g/mol. The molecule has 0 bridgehead atoms. The summed E-state index contributed by atoms with van der Waals surface area (Å²) in [5, 5.41) is 31.5. The van der Waals surface area contributed by atoms with Crippen LogP contribution in [0.2, 0.25) is 0 Å². The van der Waals surface area contributed by atoms with Gasteiger partial charge < -0.3 is 4.42 Å². The third-order valence-corrected chi connectivity index (χ3v) is 13.6. The fraction of sp³-hybridized carbons (Fsp3) is 0. The fourth-order valence-electron chi connectivity index (χ4n) is 10.4. The Balaban J connectivity index is 1.34. The minimum absolute atomic E-state index is 0.617. The maximum atomic E-state index is 7.45. The van der Waals surface area contributed by atoms with Crippen LogP contribution in [-0.4, -0.2) is 30.8 Å². The van der Waals surface area contributed by atoms with E-state index in [2.05, 4.69) is 194 Å². The predicted octanol–water partition coefficient (Wildman–Crippen LogP) is 16.6. The van der Waals surface area contributed by atoms with Crippen LogP contribution in [0.15, 0.2) is 259 Å². The molecule has 0 spiro atoms. The minimum atomic E-state index is 0.617. The van der Waals surface area contributed by atoms with E-state index >= 15 is 0 Å². The SMILES string of the molecule is c1ccc(-c2ccccc2-c2c(-c3nnnc(-c4ccccc4)c3-c3ccccc3)c(-c3ccccc3-c3ccccc3)c3oc4ccccc4c3c2-c2nnnc(-c3ccccc3)c2-c2ccccc2)cc1. The maximum Gasteiger partial charge on any atom is 0.144 e. The van der Waals surface area contributed by atoms with Gasteiger partial charge in [-0.2, -0.15) is 0 Å². The lowest BCUT2D eigenvalue weighted by atomic mass is 9.77. The Kier molecular flexibility index (Phi) is 11.1. The zero-order valence-corrected chi connectivity index (χ0v) is 39.3. The lowest BCUT2D eigenvalue weighted by molar-refractivity contribution is 0.670. The van der Waals surface area contributed by atoms with Gasteiger partial charge in [-0.3, -0.25) is 0 Å². The second-order valence-electron chi connectivity index (χ2n) is 17.8. The molecule has 0 aliphatic rings. The van der Waals surface area contributed by atoms with Crippen molar-refractivity contribution in [3.05, 3.63) is 255 Å². The molecule has 3 heterocycles. The van der Waals surface area contributed by atoms with Crippen molar-refractivity contribution in [3.8, 4) is 112 Å². The summed E-state index contributed by atoms with van der Waals surface area (Å²) in [4.78, 5) is 0. The highest BCUT2D eigenvalue weighted by atomic mass is 16.3. The van der Waals surface area contributed by atoms with Crippen molar-refractivity contribution in [1.82, 2.24) is 30.8 Å². The van der Waals surface area contributed by atoms with E-state index in [-0.39, 0.29) is 0 Å². The summed E-state index contributed by atoms with van der Waals surface area (Å²) >= 11 is 0. The first-order valence-corrected chi connectivity index (χ1v) is 24.3. The van der Waals surface area contributed by atoms with Crippen LogP contribution < -0.4 is 0 Å². The average Bonchev–Trinajstić information content (AvgIpc) is 3.88. The van der Waals surface area contributed by atoms with Gasteiger partial charge in [0.15, 0.2) is 0 Å². The van der Waals surface area contributed by atoms with E-state index in [0.717, 1.165) is 105 Å². The van der Waals surface area contributed by atoms with Gasteiger partial charge in [0.05, 0.1) is 0 Å². The number of aromatic nitrogens is 6. The molecule has 7 nitrogen and oxygen atoms in total. The summed E-state index contributed by atoms with van der Waals surface area (Å²) in [6.07, 6.45) is 0. The number of rotatable bonds is 10. The number of hydrogen-bond donors (Lipinski definition) is 0. The molecule has 73 heavy (non-hydrogen) atoms. The van der Waals surface area contributed by atoms with E-state index in [1.54, 1.807) is 0 Å². The Morgan fingerprint density at radius 3 is 1.04 bits per heavy atom. The summed E-state index contributed by atoms with van der Waals surface area (Å²) in [6, 6.07) is 87.9. The number of para-hydroxylation sites is 1. The molecule has 0 N–H and O–H groups in total. The molecule has 0 radical (unpaired) electrons. The third-order valence-electron chi connectivity index (χ3n) is 13.6. The Labute approximate surface area is 421 Å². The molecule has 7 heteroatoms. The largest absolute Gasteiger partial charge is 0.455 e. The highest BCUT2D eigenvalue weighted by Gasteiger charge is 2.35. The number of hydrogen-bond acceptors (Lipinski definition) is 7. The molecule has 0 atom stereocenters. The van der Waals surface area contributed by atoms with E-state index in [1.807, 2.05) is 60.7 Å². The predicted molar refractivity (Wildman–Crippen MR) is 295 cm³/mol. The summed E-state index contributed by atoms with van der Waals surface area (Å²) in [6.45, 7) is 0. The van der Waals surface area contributed by atoms with Crippen LogP contribution in [0.4, 0.5) is 0 Å². The molecule has 0 saturated carbocycles. The molecule has 13 rings (SSSR count). The first-order chi connectivity index (χ1) is 36.3. The van der Waals surface area contributed by atoms with Crippen LogP contribution in [0.1, 0.15) is 0 Å². The maximum absolute atomic E-state index is 7.45. The van der Waals surface area contributed by atoms with Gasteiger partial charge in [-0.1, -0.05) is 249 Å². The van der Waals surface area contributed by atoms with Crippen molar-refractivity contribution < 1.29 is 4.42 Å². The van der Waals surface area contributed by atoms with Crippen LogP contribution in [0.3, 0.4) is 0 Å². The second kappa shape index (κ2) is 18.7. The zero-order chi connectivity index (χ0) is 48.5. The van der Waals surface area contributed by atoms with Crippen LogP contribution in [-0.2, 0) is 0 Å². The van der Waals surface area contributed by atoms with Gasteiger partial charge in [-0.15, -0.1) is 20.4 Å². The van der Waals surface area contributed by atoms with Crippen LogP contribution in [0, 0.1) is 0 Å². The first-order valence-electron chi connectivity index (χ1n) is 24.3. The monoisotopic (exact) mass is 934 g/mol. The molecular formula is C66H42N6O. The molecule has 0 fully saturated rings. The quantitative estimate of drug-likeness (QED) is 0.135. The van der Waals surface area contributed by atoms with E-state index in [0.29, 0.717) is 28.4 Å². The summed E-state index contributed by atoms with van der Waals surface area (Å²) < 4.78 is 7.45. The zero-order valence-electron chi connectivity index (χ0n) is 39.3. The lowest BCUT2D eigenvalue weighted by Gasteiger charge is -2.26. The third kappa shape index (κ3) is 7.64. The minimum Gasteiger partial charge on any atom is -0.455 e. The average molecular weight is 935 g/mol. The Morgan fingerprint density at radius 1 is 0.233 bits per heavy atom. The lowest BCUT2D eigenvalue weighted by Crippen LogP contribution is -2.06. The van der Waals surface area contributed by atoms with Crippen LogP contribution in [0.5, 0.6) is 0 Å². The Hall–Kier alpha value is -9.98. The fourth-order valence-corrected chi connectivity index (χ4v) is 10.4. The highest BCUT2D eigenvalue weighted by molar-refractivity contribution is 6.26. The van der Waals surface area contributed by atoms with E-state index in [9.17, 15) is 0 Å². The number of fused-ring (bicyclic) bond motifs is 3. The molecule has 342 valence electrons. The summed E-state index contributed by atoms with van der Waals surface area (Å²) in [5.74, 6) is 0. The topological polar surface area (TPSA) is 90.5 Å². The number of furan rings is 1. The van der Waals surface area contributed by atoms with Crippen molar-refractivity contribution in [2.45, 2.75) is 0 Å². The highest BCUT2D eigenvalue weighted by Crippen LogP contribution is 2.58. The molecule has 10 aromatic carbocycles. The first kappa shape index (κ1) is 43.1. The van der Waals surface area contributed by atoms with E-state index < -0.39 is 0 Å². The Morgan fingerprint density at radius 2 is 0.575 bits per heavy atom. The van der Waals surface area contributed by atoms with Crippen molar-refractivity contribution in [2.75, 3.05) is 0 Å². The molecule has 0 unspecified atom stereocenters. The molecule has 0 amide bonds. The second-order valence-corrected chi connectivity index (χ2v) is 17.8. The number of nitrogens with zero attached hydrogens (tertiary/aromatic N) is 6. The van der Waals surface area contributed by atoms with Crippen LogP contribution in [0.25, 0.3) is 134 Å². The summed E-state index contributed by atoms with van der Waals surface area (Å²) in [5.41, 5.74) is 18.6. The molecule has 13 aromatic rings. The van der Waals surface area contributed by atoms with Gasteiger partial charge in [0.25, 0.3) is 0 Å². The van der Waals surface area contributed by atoms with Gasteiger partial charge in [0.1, 0.15) is 33.9 Å². The van der Waals surface area contributed by atoms with E-state index in [1.165, 1.54) is 0 Å². The molecule has 0 aliphatic carbocycles. The normalized spacial score (nSPS) is 11.3. The smallest absolute Gasteiger partial charge is 0.144 e. The van der Waals surface area contributed by atoms with E-state index in [4.69, 9.17) is 35.2 Å². The van der Waals surface area contributed by atoms with Gasteiger partial charge in [0.2, 0.25) is 0 Å². The van der Waals surface area contributed by atoms with Gasteiger partial charge in [-0.05, 0) is 61.0 Å². The van der Waals surface area contributed by atoms with Gasteiger partial charge in [0, 0.05) is 55.3 Å². The molecule has 0 saturated heterocycles. The Bertz CT molecular complexity index is 4110. The molecule has 3 aromatic heterocycles. The summed E-state index contributed by atoms with van der Waals surface area (Å²) in [7, 11) is 0. The standard InChI is InChI=1S/C66H42N6O/c1-7-25-43(26-8-1)49-37-19-21-39-51(49)57-60(64-55(45-29-11-3-12-30-45)62(67-71-69-64)47-33-15-5-16-34-47)58(52-40-22-20-38-50(52)44-27-9-2-10-28-44)66-59(53-41-23-24-42-54(53)73-66)61(57)65-56(46-31-13-4-14-32-46)63(68-72-70-65)48-35-17-6-18-36-48/h1-42H. The van der Waals surface area contributed by atoms with Gasteiger partial charge in [-0.25, -0.2) is 0 Å². The van der Waals surface area contributed by atoms with Crippen molar-refractivity contribution >= 4 is 21.9 Å². The molecule has 0 aliphatic heterocycles. The van der Waals surface area contributed by atoms with Crippen molar-refractivity contribution in [3.63, 3.8) is 0 Å². The van der Waals surface area contributed by atoms with Crippen LogP contribution >= 0.6 is 0 Å². The number of benzene rings is 10.